The number of carbonyl (C=O) groups excluding carboxylic acids is 2. The molecule has 5 nitrogen and oxygen atoms in total. The van der Waals surface area contributed by atoms with Gasteiger partial charge in [0.1, 0.15) is 0 Å². The normalized spacial score (nSPS) is 18.9. The Morgan fingerprint density at radius 2 is 2.00 bits per heavy atom. The number of hydrogen-bond acceptors (Lipinski definition) is 3. The van der Waals surface area contributed by atoms with Gasteiger partial charge in [0.2, 0.25) is 11.8 Å². The van der Waals surface area contributed by atoms with E-state index >= 15 is 0 Å². The van der Waals surface area contributed by atoms with Crippen LogP contribution in [0.15, 0.2) is 0 Å². The van der Waals surface area contributed by atoms with Crippen LogP contribution in [0.2, 0.25) is 0 Å². The Balaban J connectivity index is 2.30. The molecule has 0 saturated carbocycles. The smallest absolute Gasteiger partial charge is 0.239 e. The summed E-state index contributed by atoms with van der Waals surface area (Å²) in [6.45, 7) is 5.69. The number of rotatable bonds is 4. The van der Waals surface area contributed by atoms with Crippen molar-refractivity contribution in [3.63, 3.8) is 0 Å². The van der Waals surface area contributed by atoms with E-state index < -0.39 is 0 Å². The van der Waals surface area contributed by atoms with Crippen molar-refractivity contribution in [3.8, 4) is 0 Å². The number of hydrogen-bond donors (Lipinski definition) is 2. The van der Waals surface area contributed by atoms with Gasteiger partial charge in [0.25, 0.3) is 0 Å². The molecule has 0 spiro atoms. The van der Waals surface area contributed by atoms with Gasteiger partial charge in [0.15, 0.2) is 0 Å². The van der Waals surface area contributed by atoms with Crippen LogP contribution in [-0.4, -0.2) is 42.4 Å². The SMILES string of the molecule is CC[C@@H](N)C(=O)N1CCC(CNC(C)=O)CC1. The maximum absolute atomic E-state index is 11.8. The zero-order valence-corrected chi connectivity index (χ0v) is 10.7. The van der Waals surface area contributed by atoms with E-state index in [1.54, 1.807) is 0 Å². The second kappa shape index (κ2) is 6.59. The van der Waals surface area contributed by atoms with E-state index in [9.17, 15) is 9.59 Å². The Kier molecular flexibility index (Phi) is 5.41. The summed E-state index contributed by atoms with van der Waals surface area (Å²) < 4.78 is 0. The van der Waals surface area contributed by atoms with Gasteiger partial charge in [-0.25, -0.2) is 0 Å². The van der Waals surface area contributed by atoms with E-state index in [0.29, 0.717) is 12.3 Å². The van der Waals surface area contributed by atoms with Gasteiger partial charge in [-0.1, -0.05) is 6.92 Å². The minimum atomic E-state index is -0.359. The van der Waals surface area contributed by atoms with Crippen LogP contribution >= 0.6 is 0 Å². The fourth-order valence-electron chi connectivity index (χ4n) is 2.05. The molecule has 0 aromatic heterocycles. The van der Waals surface area contributed by atoms with Crippen LogP contribution in [-0.2, 0) is 9.59 Å². The van der Waals surface area contributed by atoms with Crippen molar-refractivity contribution in [1.29, 1.82) is 0 Å². The number of amides is 2. The lowest BCUT2D eigenvalue weighted by molar-refractivity contribution is -0.134. The molecule has 1 aliphatic heterocycles. The van der Waals surface area contributed by atoms with Crippen LogP contribution in [0.25, 0.3) is 0 Å². The molecule has 1 saturated heterocycles. The second-order valence-corrected chi connectivity index (χ2v) is 4.72. The summed E-state index contributed by atoms with van der Waals surface area (Å²) in [5.41, 5.74) is 5.73. The van der Waals surface area contributed by atoms with E-state index in [1.807, 2.05) is 11.8 Å². The van der Waals surface area contributed by atoms with Crippen LogP contribution in [0.1, 0.15) is 33.1 Å². The van der Waals surface area contributed by atoms with Crippen LogP contribution in [0, 0.1) is 5.92 Å². The molecule has 5 heteroatoms. The highest BCUT2D eigenvalue weighted by molar-refractivity contribution is 5.81. The molecule has 98 valence electrons. The Hall–Kier alpha value is -1.10. The first-order valence-corrected chi connectivity index (χ1v) is 6.33. The minimum absolute atomic E-state index is 0.0107. The van der Waals surface area contributed by atoms with Crippen molar-refractivity contribution in [2.75, 3.05) is 19.6 Å². The van der Waals surface area contributed by atoms with Gasteiger partial charge in [-0.3, -0.25) is 9.59 Å². The number of nitrogens with two attached hydrogens (primary N) is 1. The van der Waals surface area contributed by atoms with E-state index in [2.05, 4.69) is 5.32 Å². The van der Waals surface area contributed by atoms with Crippen molar-refractivity contribution in [3.05, 3.63) is 0 Å². The molecular formula is C12H23N3O2. The van der Waals surface area contributed by atoms with Gasteiger partial charge < -0.3 is 16.0 Å². The summed E-state index contributed by atoms with van der Waals surface area (Å²) in [6, 6.07) is -0.359. The van der Waals surface area contributed by atoms with E-state index in [4.69, 9.17) is 5.73 Å². The summed E-state index contributed by atoms with van der Waals surface area (Å²) in [4.78, 5) is 24.5. The molecule has 1 aliphatic rings. The molecule has 1 heterocycles. The highest BCUT2D eigenvalue weighted by atomic mass is 16.2. The van der Waals surface area contributed by atoms with Crippen molar-refractivity contribution in [2.24, 2.45) is 11.7 Å². The summed E-state index contributed by atoms with van der Waals surface area (Å²) in [5.74, 6) is 0.558. The van der Waals surface area contributed by atoms with Gasteiger partial charge in [0, 0.05) is 26.6 Å². The molecule has 3 N–H and O–H groups in total. The quantitative estimate of drug-likeness (QED) is 0.733. The van der Waals surface area contributed by atoms with Crippen molar-refractivity contribution in [2.45, 2.75) is 39.2 Å². The standard InChI is InChI=1S/C12H23N3O2/c1-3-11(13)12(17)15-6-4-10(5-7-15)8-14-9(2)16/h10-11H,3-8,13H2,1-2H3,(H,14,16)/t11-/m1/s1. The third-order valence-corrected chi connectivity index (χ3v) is 3.32. The lowest BCUT2D eigenvalue weighted by atomic mass is 9.96. The largest absolute Gasteiger partial charge is 0.356 e. The van der Waals surface area contributed by atoms with Crippen molar-refractivity contribution in [1.82, 2.24) is 10.2 Å². The average Bonchev–Trinajstić information content (AvgIpc) is 2.35. The Labute approximate surface area is 103 Å². The summed E-state index contributed by atoms with van der Waals surface area (Å²) in [6.07, 6.45) is 2.58. The van der Waals surface area contributed by atoms with E-state index in [-0.39, 0.29) is 17.9 Å². The molecule has 17 heavy (non-hydrogen) atoms. The molecule has 0 aromatic rings. The second-order valence-electron chi connectivity index (χ2n) is 4.72. The van der Waals surface area contributed by atoms with E-state index in [1.165, 1.54) is 6.92 Å². The Morgan fingerprint density at radius 1 is 1.41 bits per heavy atom. The Morgan fingerprint density at radius 3 is 2.47 bits per heavy atom. The maximum Gasteiger partial charge on any atom is 0.239 e. The summed E-state index contributed by atoms with van der Waals surface area (Å²) >= 11 is 0. The topological polar surface area (TPSA) is 75.4 Å². The third-order valence-electron chi connectivity index (χ3n) is 3.32. The van der Waals surface area contributed by atoms with Crippen LogP contribution in [0.4, 0.5) is 0 Å². The van der Waals surface area contributed by atoms with Crippen LogP contribution in [0.5, 0.6) is 0 Å². The minimum Gasteiger partial charge on any atom is -0.356 e. The third kappa shape index (κ3) is 4.34. The zero-order chi connectivity index (χ0) is 12.8. The molecule has 0 bridgehead atoms. The molecular weight excluding hydrogens is 218 g/mol. The van der Waals surface area contributed by atoms with Gasteiger partial charge in [-0.15, -0.1) is 0 Å². The van der Waals surface area contributed by atoms with Crippen molar-refractivity contribution >= 4 is 11.8 Å². The molecule has 0 aliphatic carbocycles. The highest BCUT2D eigenvalue weighted by Crippen LogP contribution is 2.17. The molecule has 0 unspecified atom stereocenters. The molecule has 1 rings (SSSR count). The predicted molar refractivity (Wildman–Crippen MR) is 66.3 cm³/mol. The van der Waals surface area contributed by atoms with Crippen molar-refractivity contribution < 1.29 is 9.59 Å². The van der Waals surface area contributed by atoms with Crippen LogP contribution in [0.3, 0.4) is 0 Å². The summed E-state index contributed by atoms with van der Waals surface area (Å²) in [5, 5.41) is 2.83. The molecule has 0 radical (unpaired) electrons. The predicted octanol–water partition coefficient (Wildman–Crippen LogP) is 0.0984. The number of likely N-dealkylation sites (tertiary alicyclic amines) is 1. The number of carbonyl (C=O) groups is 2. The first kappa shape index (κ1) is 14.0. The zero-order valence-electron chi connectivity index (χ0n) is 10.7. The lowest BCUT2D eigenvalue weighted by Crippen LogP contribution is -2.47. The summed E-state index contributed by atoms with van der Waals surface area (Å²) in [7, 11) is 0. The first-order chi connectivity index (χ1) is 8.04. The molecule has 1 fully saturated rings. The first-order valence-electron chi connectivity index (χ1n) is 6.33. The van der Waals surface area contributed by atoms with Gasteiger partial charge in [-0.2, -0.15) is 0 Å². The molecule has 1 atom stereocenters. The average molecular weight is 241 g/mol. The van der Waals surface area contributed by atoms with E-state index in [0.717, 1.165) is 32.5 Å². The van der Waals surface area contributed by atoms with Gasteiger partial charge >= 0.3 is 0 Å². The number of piperidine rings is 1. The van der Waals surface area contributed by atoms with Crippen LogP contribution < -0.4 is 11.1 Å². The highest BCUT2D eigenvalue weighted by Gasteiger charge is 2.25. The monoisotopic (exact) mass is 241 g/mol. The molecule has 0 aromatic carbocycles. The molecule has 2 amide bonds. The Bertz CT molecular complexity index is 273. The fourth-order valence-corrected chi connectivity index (χ4v) is 2.05. The van der Waals surface area contributed by atoms with Gasteiger partial charge in [-0.05, 0) is 25.2 Å². The number of nitrogens with one attached hydrogen (secondary N) is 1. The number of nitrogens with zero attached hydrogens (tertiary/aromatic N) is 1. The maximum atomic E-state index is 11.8. The van der Waals surface area contributed by atoms with Gasteiger partial charge in [0.05, 0.1) is 6.04 Å². The lowest BCUT2D eigenvalue weighted by Gasteiger charge is -2.33. The fraction of sp³-hybridized carbons (Fsp3) is 0.833.